The Morgan fingerprint density at radius 1 is 1.21 bits per heavy atom. The van der Waals surface area contributed by atoms with Gasteiger partial charge in [0, 0.05) is 12.1 Å². The van der Waals surface area contributed by atoms with E-state index in [1.807, 2.05) is 6.07 Å². The van der Waals surface area contributed by atoms with Crippen molar-refractivity contribution in [3.05, 3.63) is 71.0 Å². The minimum Gasteiger partial charge on any atom is -0.348 e. The fourth-order valence-corrected chi connectivity index (χ4v) is 1.66. The fourth-order valence-electron chi connectivity index (χ4n) is 1.66. The quantitative estimate of drug-likeness (QED) is 0.915. The Morgan fingerprint density at radius 3 is 2.74 bits per heavy atom. The van der Waals surface area contributed by atoms with Crippen LogP contribution in [-0.2, 0) is 6.54 Å². The molecule has 1 amide bonds. The van der Waals surface area contributed by atoms with E-state index in [1.165, 1.54) is 18.2 Å². The Bertz CT molecular complexity index is 647. The Morgan fingerprint density at radius 2 is 2.00 bits per heavy atom. The van der Waals surface area contributed by atoms with Gasteiger partial charge in [-0.1, -0.05) is 18.2 Å². The SMILES string of the molecule is N#Cc1cccc(C(=O)NCc2cccc(F)c2)c1. The number of rotatable bonds is 3. The third-order valence-electron chi connectivity index (χ3n) is 2.60. The van der Waals surface area contributed by atoms with Gasteiger partial charge in [0.15, 0.2) is 0 Å². The molecular weight excluding hydrogens is 243 g/mol. The largest absolute Gasteiger partial charge is 0.348 e. The molecule has 19 heavy (non-hydrogen) atoms. The molecule has 0 aliphatic heterocycles. The van der Waals surface area contributed by atoms with Crippen LogP contribution in [0.25, 0.3) is 0 Å². The van der Waals surface area contributed by atoms with Gasteiger partial charge in [0.1, 0.15) is 5.82 Å². The van der Waals surface area contributed by atoms with Crippen LogP contribution in [-0.4, -0.2) is 5.91 Å². The van der Waals surface area contributed by atoms with Crippen molar-refractivity contribution >= 4 is 5.91 Å². The van der Waals surface area contributed by atoms with E-state index in [4.69, 9.17) is 5.26 Å². The molecule has 0 aliphatic carbocycles. The molecule has 0 saturated carbocycles. The number of carbonyl (C=O) groups excluding carboxylic acids is 1. The van der Waals surface area contributed by atoms with Crippen LogP contribution in [0.4, 0.5) is 4.39 Å². The van der Waals surface area contributed by atoms with E-state index in [9.17, 15) is 9.18 Å². The van der Waals surface area contributed by atoms with E-state index < -0.39 is 0 Å². The van der Waals surface area contributed by atoms with Crippen molar-refractivity contribution in [2.45, 2.75) is 6.54 Å². The second-order valence-corrected chi connectivity index (χ2v) is 4.01. The number of amides is 1. The van der Waals surface area contributed by atoms with Crippen LogP contribution in [0.3, 0.4) is 0 Å². The predicted molar refractivity (Wildman–Crippen MR) is 68.7 cm³/mol. The lowest BCUT2D eigenvalue weighted by molar-refractivity contribution is 0.0951. The van der Waals surface area contributed by atoms with Crippen LogP contribution in [0.1, 0.15) is 21.5 Å². The van der Waals surface area contributed by atoms with Gasteiger partial charge in [0.05, 0.1) is 11.6 Å². The van der Waals surface area contributed by atoms with Gasteiger partial charge in [0.2, 0.25) is 0 Å². The Balaban J connectivity index is 2.03. The minimum absolute atomic E-state index is 0.243. The molecule has 1 N–H and O–H groups in total. The molecular formula is C15H11FN2O. The average Bonchev–Trinajstić information content (AvgIpc) is 2.45. The van der Waals surface area contributed by atoms with E-state index in [-0.39, 0.29) is 18.3 Å². The average molecular weight is 254 g/mol. The van der Waals surface area contributed by atoms with Gasteiger partial charge in [-0.25, -0.2) is 4.39 Å². The first kappa shape index (κ1) is 12.8. The minimum atomic E-state index is -0.335. The van der Waals surface area contributed by atoms with E-state index in [2.05, 4.69) is 5.32 Å². The van der Waals surface area contributed by atoms with Crippen LogP contribution in [0.15, 0.2) is 48.5 Å². The molecule has 0 aliphatic rings. The molecule has 2 aromatic carbocycles. The summed E-state index contributed by atoms with van der Waals surface area (Å²) in [4.78, 5) is 11.9. The van der Waals surface area contributed by atoms with E-state index in [0.717, 1.165) is 0 Å². The van der Waals surface area contributed by atoms with Crippen LogP contribution in [0, 0.1) is 17.1 Å². The number of hydrogen-bond acceptors (Lipinski definition) is 2. The number of benzene rings is 2. The summed E-state index contributed by atoms with van der Waals surface area (Å²) in [7, 11) is 0. The molecule has 2 aromatic rings. The van der Waals surface area contributed by atoms with Crippen molar-refractivity contribution in [2.75, 3.05) is 0 Å². The summed E-state index contributed by atoms with van der Waals surface area (Å²) in [6.07, 6.45) is 0. The number of nitrogens with one attached hydrogen (secondary N) is 1. The smallest absolute Gasteiger partial charge is 0.251 e. The van der Waals surface area contributed by atoms with Gasteiger partial charge >= 0.3 is 0 Å². The molecule has 94 valence electrons. The van der Waals surface area contributed by atoms with E-state index in [1.54, 1.807) is 30.3 Å². The predicted octanol–water partition coefficient (Wildman–Crippen LogP) is 2.63. The normalized spacial score (nSPS) is 9.68. The first-order valence-corrected chi connectivity index (χ1v) is 5.72. The second-order valence-electron chi connectivity index (χ2n) is 4.01. The van der Waals surface area contributed by atoms with Crippen molar-refractivity contribution in [1.29, 1.82) is 5.26 Å². The highest BCUT2D eigenvalue weighted by Gasteiger charge is 2.06. The third kappa shape index (κ3) is 3.39. The van der Waals surface area contributed by atoms with Crippen LogP contribution >= 0.6 is 0 Å². The van der Waals surface area contributed by atoms with Crippen molar-refractivity contribution < 1.29 is 9.18 Å². The van der Waals surface area contributed by atoms with Crippen LogP contribution < -0.4 is 5.32 Å². The lowest BCUT2D eigenvalue weighted by Gasteiger charge is -2.05. The summed E-state index contributed by atoms with van der Waals surface area (Å²) in [5, 5.41) is 11.4. The van der Waals surface area contributed by atoms with Crippen LogP contribution in [0.2, 0.25) is 0 Å². The van der Waals surface area contributed by atoms with E-state index in [0.29, 0.717) is 16.7 Å². The van der Waals surface area contributed by atoms with Crippen molar-refractivity contribution in [1.82, 2.24) is 5.32 Å². The standard InChI is InChI=1S/C15H11FN2O/c16-14-6-2-4-12(8-14)10-18-15(19)13-5-1-3-11(7-13)9-17/h1-8H,10H2,(H,18,19). The molecule has 4 heteroatoms. The highest BCUT2D eigenvalue weighted by atomic mass is 19.1. The zero-order valence-corrected chi connectivity index (χ0v) is 10.1. The summed E-state index contributed by atoms with van der Waals surface area (Å²) in [5.41, 5.74) is 1.53. The van der Waals surface area contributed by atoms with Gasteiger partial charge in [-0.3, -0.25) is 4.79 Å². The lowest BCUT2D eigenvalue weighted by Crippen LogP contribution is -2.22. The maximum atomic E-state index is 13.0. The first-order valence-electron chi connectivity index (χ1n) is 5.72. The number of hydrogen-bond donors (Lipinski definition) is 1. The second kappa shape index (κ2) is 5.78. The molecule has 0 heterocycles. The van der Waals surface area contributed by atoms with Crippen molar-refractivity contribution in [3.63, 3.8) is 0 Å². The maximum Gasteiger partial charge on any atom is 0.251 e. The van der Waals surface area contributed by atoms with Gasteiger partial charge in [-0.2, -0.15) is 5.26 Å². The summed E-state index contributed by atoms with van der Waals surface area (Å²) < 4.78 is 13.0. The van der Waals surface area contributed by atoms with E-state index >= 15 is 0 Å². The van der Waals surface area contributed by atoms with Crippen molar-refractivity contribution in [3.8, 4) is 6.07 Å². The first-order chi connectivity index (χ1) is 9.19. The third-order valence-corrected chi connectivity index (χ3v) is 2.60. The molecule has 0 radical (unpaired) electrons. The van der Waals surface area contributed by atoms with Gasteiger partial charge in [0.25, 0.3) is 5.91 Å². The number of carbonyl (C=O) groups is 1. The molecule has 0 saturated heterocycles. The summed E-state index contributed by atoms with van der Waals surface area (Å²) in [6.45, 7) is 0.243. The lowest BCUT2D eigenvalue weighted by atomic mass is 10.1. The topological polar surface area (TPSA) is 52.9 Å². The monoisotopic (exact) mass is 254 g/mol. The molecule has 2 rings (SSSR count). The van der Waals surface area contributed by atoms with Crippen molar-refractivity contribution in [2.24, 2.45) is 0 Å². The molecule has 0 unspecified atom stereocenters. The Hall–Kier alpha value is -2.67. The Labute approximate surface area is 110 Å². The number of nitrogens with zero attached hydrogens (tertiary/aromatic N) is 1. The highest BCUT2D eigenvalue weighted by Crippen LogP contribution is 2.06. The van der Waals surface area contributed by atoms with Gasteiger partial charge < -0.3 is 5.32 Å². The maximum absolute atomic E-state index is 13.0. The number of nitriles is 1. The summed E-state index contributed by atoms with van der Waals surface area (Å²) in [6, 6.07) is 14.4. The fraction of sp³-hybridized carbons (Fsp3) is 0.0667. The highest BCUT2D eigenvalue weighted by molar-refractivity contribution is 5.94. The molecule has 0 spiro atoms. The zero-order chi connectivity index (χ0) is 13.7. The molecule has 0 atom stereocenters. The van der Waals surface area contributed by atoms with Gasteiger partial charge in [-0.15, -0.1) is 0 Å². The molecule has 0 fully saturated rings. The van der Waals surface area contributed by atoms with Gasteiger partial charge in [-0.05, 0) is 35.9 Å². The molecule has 3 nitrogen and oxygen atoms in total. The number of halogens is 1. The zero-order valence-electron chi connectivity index (χ0n) is 10.1. The summed E-state index contributed by atoms with van der Waals surface area (Å²) >= 11 is 0. The van der Waals surface area contributed by atoms with Crippen LogP contribution in [0.5, 0.6) is 0 Å². The summed E-state index contributed by atoms with van der Waals surface area (Å²) in [5.74, 6) is -0.625. The Kier molecular flexibility index (Phi) is 3.89. The molecule has 0 bridgehead atoms. The molecule has 0 aromatic heterocycles.